The van der Waals surface area contributed by atoms with E-state index in [2.05, 4.69) is 142 Å². The highest BCUT2D eigenvalue weighted by atomic mass is 16.7. The van der Waals surface area contributed by atoms with Gasteiger partial charge in [0.05, 0.1) is 25.4 Å². The van der Waals surface area contributed by atoms with Crippen LogP contribution in [0.4, 0.5) is 0 Å². The highest BCUT2D eigenvalue weighted by Crippen LogP contribution is 2.26. The van der Waals surface area contributed by atoms with E-state index in [1.165, 1.54) is 44.9 Å². The van der Waals surface area contributed by atoms with Crippen molar-refractivity contribution in [3.63, 3.8) is 0 Å². The second-order valence-corrected chi connectivity index (χ2v) is 20.0. The van der Waals surface area contributed by atoms with Gasteiger partial charge in [0, 0.05) is 6.42 Å². The van der Waals surface area contributed by atoms with Crippen molar-refractivity contribution in [2.24, 2.45) is 0 Å². The molecule has 11 nitrogen and oxygen atoms in total. The van der Waals surface area contributed by atoms with Gasteiger partial charge in [0.15, 0.2) is 12.4 Å². The lowest BCUT2D eigenvalue weighted by Crippen LogP contribution is -2.61. The first kappa shape index (κ1) is 71.6. The second kappa shape index (κ2) is 53.2. The van der Waals surface area contributed by atoms with Crippen molar-refractivity contribution in [2.75, 3.05) is 13.2 Å². The van der Waals surface area contributed by atoms with Gasteiger partial charge in [-0.15, -0.1) is 0 Å². The highest BCUT2D eigenvalue weighted by molar-refractivity contribution is 5.80. The van der Waals surface area contributed by atoms with Crippen molar-refractivity contribution in [1.29, 1.82) is 0 Å². The first-order valence-electron chi connectivity index (χ1n) is 30.1. The van der Waals surface area contributed by atoms with E-state index in [-0.39, 0.29) is 19.4 Å². The quantitative estimate of drug-likeness (QED) is 0.0195. The summed E-state index contributed by atoms with van der Waals surface area (Å²) >= 11 is 0. The zero-order chi connectivity index (χ0) is 56.8. The summed E-state index contributed by atoms with van der Waals surface area (Å²) < 4.78 is 17.5. The first-order chi connectivity index (χ1) is 38.2. The van der Waals surface area contributed by atoms with Crippen LogP contribution in [-0.4, -0.2) is 99.6 Å². The minimum Gasteiger partial charge on any atom is -0.454 e. The molecule has 0 spiro atoms. The Balaban J connectivity index is 2.78. The van der Waals surface area contributed by atoms with Gasteiger partial charge in [0.2, 0.25) is 5.91 Å². The molecule has 8 atom stereocenters. The molecule has 0 bridgehead atoms. The van der Waals surface area contributed by atoms with Crippen LogP contribution in [0.15, 0.2) is 146 Å². The topological polar surface area (TPSA) is 175 Å². The molecule has 0 aromatic carbocycles. The Morgan fingerprint density at radius 1 is 0.513 bits per heavy atom. The van der Waals surface area contributed by atoms with Crippen LogP contribution >= 0.6 is 0 Å². The third kappa shape index (κ3) is 40.7. The third-order valence-electron chi connectivity index (χ3n) is 13.0. The summed E-state index contributed by atoms with van der Waals surface area (Å²) in [5.74, 6) is -1.32. The van der Waals surface area contributed by atoms with Crippen molar-refractivity contribution in [3.05, 3.63) is 146 Å². The number of carbonyl (C=O) groups excluding carboxylic acids is 2. The van der Waals surface area contributed by atoms with Crippen LogP contribution in [0.3, 0.4) is 0 Å². The van der Waals surface area contributed by atoms with Gasteiger partial charge in [0.1, 0.15) is 24.4 Å². The lowest BCUT2D eigenvalue weighted by molar-refractivity contribution is -0.305. The molecule has 0 aromatic heterocycles. The van der Waals surface area contributed by atoms with E-state index < -0.39 is 67.4 Å². The second-order valence-electron chi connectivity index (χ2n) is 20.0. The molecule has 1 saturated heterocycles. The monoisotopic (exact) mass is 1090 g/mol. The fourth-order valence-corrected chi connectivity index (χ4v) is 8.28. The Bertz CT molecular complexity index is 1820. The Labute approximate surface area is 473 Å². The molecule has 1 fully saturated rings. The molecule has 0 aromatic rings. The van der Waals surface area contributed by atoms with Gasteiger partial charge >= 0.3 is 5.97 Å². The average molecular weight is 1090 g/mol. The number of nitrogens with one attached hydrogen (secondary N) is 1. The van der Waals surface area contributed by atoms with Crippen LogP contribution in [0, 0.1) is 0 Å². The van der Waals surface area contributed by atoms with Crippen LogP contribution < -0.4 is 5.32 Å². The normalized spacial score (nSPS) is 20.0. The van der Waals surface area contributed by atoms with Crippen LogP contribution in [0.5, 0.6) is 0 Å². The van der Waals surface area contributed by atoms with Gasteiger partial charge in [-0.3, -0.25) is 9.59 Å². The molecule has 0 saturated carbocycles. The zero-order valence-electron chi connectivity index (χ0n) is 48.5. The van der Waals surface area contributed by atoms with Crippen LogP contribution in [-0.2, 0) is 23.8 Å². The molecule has 78 heavy (non-hydrogen) atoms. The van der Waals surface area contributed by atoms with E-state index in [4.69, 9.17) is 14.2 Å². The smallest absolute Gasteiger partial charge is 0.306 e. The molecular weight excluding hydrogens is 979 g/mol. The standard InChI is InChI=1S/C67H107NO10/c1-4-7-10-13-16-19-22-25-27-29-30-31-33-34-36-39-42-45-48-51-54-60(71)66(75)68-58(59(70)53-50-47-44-41-38-24-21-18-15-12-9-6-3)57-76-67-65(64(74)63(73)61(56-69)77-67)78-62(72)55-52-49-46-43-40-37-35-32-28-26-23-20-17-14-11-8-5-2/h7-8,10-11,16-17,19-20,25-28,30-31,34-37,42-43,45-46,50,53,58-61,63-65,67,69-71,73-74H,4-6,9,12-15,18,21-24,29,32-33,38-41,44,47-49,51-52,54-57H2,1-3H3,(H,68,75)/b10-7-,11-8-,19-16-,20-17-,27-25-,28-26-,31-30-,36-34-,37-35-,45-42-,46-43-,53-50+. The number of unbranched alkanes of at least 4 members (excludes halogenated alkanes) is 12. The van der Waals surface area contributed by atoms with Crippen LogP contribution in [0.25, 0.3) is 0 Å². The molecule has 440 valence electrons. The van der Waals surface area contributed by atoms with E-state index in [9.17, 15) is 35.1 Å². The predicted octanol–water partition coefficient (Wildman–Crippen LogP) is 14.2. The number of aliphatic hydroxyl groups is 5. The summed E-state index contributed by atoms with van der Waals surface area (Å²) in [4.78, 5) is 26.5. The van der Waals surface area contributed by atoms with Crippen molar-refractivity contribution in [1.82, 2.24) is 5.32 Å². The molecule has 1 heterocycles. The Morgan fingerprint density at radius 3 is 1.37 bits per heavy atom. The number of aliphatic hydroxyl groups excluding tert-OH is 5. The molecule has 6 N–H and O–H groups in total. The van der Waals surface area contributed by atoms with E-state index in [1.54, 1.807) is 6.08 Å². The number of amides is 1. The summed E-state index contributed by atoms with van der Waals surface area (Å²) in [7, 11) is 0. The Kier molecular flexibility index (Phi) is 48.8. The fourth-order valence-electron chi connectivity index (χ4n) is 8.28. The lowest BCUT2D eigenvalue weighted by atomic mass is 9.99. The maximum absolute atomic E-state index is 13.4. The first-order valence-corrected chi connectivity index (χ1v) is 30.1. The van der Waals surface area contributed by atoms with Crippen LogP contribution in [0.1, 0.15) is 201 Å². The number of esters is 1. The molecule has 1 aliphatic rings. The summed E-state index contributed by atoms with van der Waals surface area (Å²) in [6.07, 6.45) is 66.1. The van der Waals surface area contributed by atoms with E-state index >= 15 is 0 Å². The van der Waals surface area contributed by atoms with Gasteiger partial charge < -0.3 is 45.1 Å². The molecule has 11 heteroatoms. The summed E-state index contributed by atoms with van der Waals surface area (Å²) in [6.45, 7) is 5.47. The highest BCUT2D eigenvalue weighted by Gasteiger charge is 2.47. The van der Waals surface area contributed by atoms with Crippen molar-refractivity contribution in [2.45, 2.75) is 250 Å². The van der Waals surface area contributed by atoms with Gasteiger partial charge in [-0.1, -0.05) is 224 Å². The van der Waals surface area contributed by atoms with E-state index in [0.717, 1.165) is 96.3 Å². The lowest BCUT2D eigenvalue weighted by Gasteiger charge is -2.41. The molecule has 1 aliphatic heterocycles. The number of hydrogen-bond acceptors (Lipinski definition) is 10. The summed E-state index contributed by atoms with van der Waals surface area (Å²) in [6, 6.07) is -1.07. The van der Waals surface area contributed by atoms with E-state index in [0.29, 0.717) is 25.7 Å². The summed E-state index contributed by atoms with van der Waals surface area (Å²) in [5, 5.41) is 56.9. The molecule has 0 aliphatic carbocycles. The minimum absolute atomic E-state index is 0.0307. The molecular formula is C67H107NO10. The fraction of sp³-hybridized carbons (Fsp3) is 0.612. The molecule has 1 amide bonds. The predicted molar refractivity (Wildman–Crippen MR) is 324 cm³/mol. The summed E-state index contributed by atoms with van der Waals surface area (Å²) in [5.41, 5.74) is 0. The minimum atomic E-state index is -1.65. The Morgan fingerprint density at radius 2 is 0.923 bits per heavy atom. The largest absolute Gasteiger partial charge is 0.454 e. The van der Waals surface area contributed by atoms with Gasteiger partial charge in [0.25, 0.3) is 0 Å². The van der Waals surface area contributed by atoms with Gasteiger partial charge in [-0.05, 0) is 116 Å². The van der Waals surface area contributed by atoms with Crippen molar-refractivity contribution < 1.29 is 49.3 Å². The number of carbonyl (C=O) groups is 2. The number of allylic oxidation sites excluding steroid dienone is 23. The zero-order valence-corrected chi connectivity index (χ0v) is 48.5. The number of rotatable bonds is 48. The Hall–Kier alpha value is -4.46. The van der Waals surface area contributed by atoms with Crippen LogP contribution in [0.2, 0.25) is 0 Å². The molecule has 1 rings (SSSR count). The number of ether oxygens (including phenoxy) is 3. The van der Waals surface area contributed by atoms with E-state index in [1.807, 2.05) is 24.3 Å². The number of hydrogen-bond donors (Lipinski definition) is 6. The molecule has 8 unspecified atom stereocenters. The average Bonchev–Trinajstić information content (AvgIpc) is 3.44. The maximum Gasteiger partial charge on any atom is 0.306 e. The maximum atomic E-state index is 13.4. The van der Waals surface area contributed by atoms with Crippen molar-refractivity contribution in [3.8, 4) is 0 Å². The third-order valence-corrected chi connectivity index (χ3v) is 13.0. The SMILES string of the molecule is CC/C=C\C/C=C\C/C=C\C/C=C\C/C=C\C/C=C\CCCC(O)C(=O)NC(COC1OC(CO)C(O)C(O)C1OC(=O)CCC/C=C\C/C=C\C/C=C\C/C=C\C/C=C\CC)C(O)/C=C/CCCCCCCCCCCC. The molecule has 0 radical (unpaired) electrons. The van der Waals surface area contributed by atoms with Gasteiger partial charge in [-0.25, -0.2) is 0 Å². The van der Waals surface area contributed by atoms with Crippen molar-refractivity contribution >= 4 is 11.9 Å². The van der Waals surface area contributed by atoms with Gasteiger partial charge in [-0.2, -0.15) is 0 Å².